The Morgan fingerprint density at radius 2 is 1.75 bits per heavy atom. The van der Waals surface area contributed by atoms with Crippen LogP contribution in [0, 0.1) is 6.92 Å². The third kappa shape index (κ3) is 3.84. The fourth-order valence-corrected chi connectivity index (χ4v) is 3.96. The average Bonchev–Trinajstić information content (AvgIpc) is 3.33. The maximum Gasteiger partial charge on any atom is 0.227 e. The molecule has 0 bridgehead atoms. The van der Waals surface area contributed by atoms with Gasteiger partial charge in [0.05, 0.1) is 11.0 Å². The summed E-state index contributed by atoms with van der Waals surface area (Å²) in [6.07, 6.45) is 4.97. The number of fused-ring (bicyclic) bond motifs is 1. The molecule has 1 aliphatic carbocycles. The van der Waals surface area contributed by atoms with Crippen molar-refractivity contribution in [3.63, 3.8) is 0 Å². The van der Waals surface area contributed by atoms with Crippen LogP contribution >= 0.6 is 0 Å². The Bertz CT molecular complexity index is 998. The maximum absolute atomic E-state index is 12.5. The lowest BCUT2D eigenvalue weighted by Crippen LogP contribution is -2.18. The minimum absolute atomic E-state index is 0.0144. The zero-order valence-electron chi connectivity index (χ0n) is 16.1. The molecule has 0 saturated heterocycles. The van der Waals surface area contributed by atoms with Crippen molar-refractivity contribution in [3.05, 3.63) is 59.7 Å². The van der Waals surface area contributed by atoms with Gasteiger partial charge < -0.3 is 4.57 Å². The first kappa shape index (κ1) is 18.4. The molecule has 1 N–H and O–H groups in total. The minimum Gasteiger partial charge on any atom is -0.307 e. The van der Waals surface area contributed by atoms with E-state index in [9.17, 15) is 9.59 Å². The molecular weight excluding hydrogens is 350 g/mol. The van der Waals surface area contributed by atoms with Crippen molar-refractivity contribution in [1.82, 2.24) is 9.55 Å². The van der Waals surface area contributed by atoms with Crippen LogP contribution in [-0.4, -0.2) is 21.2 Å². The van der Waals surface area contributed by atoms with Crippen LogP contribution in [0.2, 0.25) is 0 Å². The number of para-hydroxylation sites is 2. The van der Waals surface area contributed by atoms with E-state index in [0.717, 1.165) is 29.4 Å². The number of rotatable bonds is 6. The predicted molar refractivity (Wildman–Crippen MR) is 111 cm³/mol. The summed E-state index contributed by atoms with van der Waals surface area (Å²) >= 11 is 0. The van der Waals surface area contributed by atoms with Crippen LogP contribution in [0.4, 0.5) is 5.95 Å². The van der Waals surface area contributed by atoms with Crippen LogP contribution in [0.25, 0.3) is 11.0 Å². The van der Waals surface area contributed by atoms with Gasteiger partial charge in [0, 0.05) is 24.4 Å². The van der Waals surface area contributed by atoms with E-state index in [-0.39, 0.29) is 24.5 Å². The Labute approximate surface area is 164 Å². The molecule has 0 radical (unpaired) electrons. The average molecular weight is 375 g/mol. The molecular formula is C23H25N3O2. The van der Waals surface area contributed by atoms with E-state index >= 15 is 0 Å². The summed E-state index contributed by atoms with van der Waals surface area (Å²) in [4.78, 5) is 29.5. The number of hydrogen-bond acceptors (Lipinski definition) is 3. The van der Waals surface area contributed by atoms with Crippen molar-refractivity contribution in [2.24, 2.45) is 0 Å². The fraction of sp³-hybridized carbons (Fsp3) is 0.348. The van der Waals surface area contributed by atoms with Crippen LogP contribution in [0.15, 0.2) is 48.5 Å². The van der Waals surface area contributed by atoms with Crippen LogP contribution in [0.3, 0.4) is 0 Å². The summed E-state index contributed by atoms with van der Waals surface area (Å²) in [5, 5.41) is 2.95. The number of Topliss-reactive ketones (excluding diaryl/α,β-unsaturated/α-hetero) is 1. The molecule has 28 heavy (non-hydrogen) atoms. The molecule has 1 fully saturated rings. The summed E-state index contributed by atoms with van der Waals surface area (Å²) < 4.78 is 2.17. The van der Waals surface area contributed by atoms with Crippen LogP contribution < -0.4 is 5.32 Å². The molecule has 2 aromatic carbocycles. The molecule has 1 saturated carbocycles. The number of hydrogen-bond donors (Lipinski definition) is 1. The number of benzene rings is 2. The molecule has 3 aromatic rings. The van der Waals surface area contributed by atoms with Gasteiger partial charge in [0.1, 0.15) is 0 Å². The van der Waals surface area contributed by atoms with Gasteiger partial charge in [-0.15, -0.1) is 0 Å². The highest BCUT2D eigenvalue weighted by atomic mass is 16.2. The SMILES string of the molecule is Cc1ccc(C(=O)CCC(=O)Nc2nc3ccccc3n2C2CCCC2)cc1. The Kier molecular flexibility index (Phi) is 5.24. The number of aryl methyl sites for hydroxylation is 1. The first-order valence-corrected chi connectivity index (χ1v) is 9.98. The third-order valence-electron chi connectivity index (χ3n) is 5.49. The maximum atomic E-state index is 12.5. The van der Waals surface area contributed by atoms with Gasteiger partial charge in [0.2, 0.25) is 11.9 Å². The van der Waals surface area contributed by atoms with E-state index in [1.54, 1.807) is 0 Å². The second-order valence-corrected chi connectivity index (χ2v) is 7.57. The number of nitrogens with one attached hydrogen (secondary N) is 1. The number of amides is 1. The highest BCUT2D eigenvalue weighted by Gasteiger charge is 2.23. The number of aromatic nitrogens is 2. The van der Waals surface area contributed by atoms with Gasteiger partial charge in [-0.2, -0.15) is 0 Å². The Morgan fingerprint density at radius 1 is 1.04 bits per heavy atom. The molecule has 0 atom stereocenters. The number of carbonyl (C=O) groups excluding carboxylic acids is 2. The molecule has 4 rings (SSSR count). The zero-order valence-corrected chi connectivity index (χ0v) is 16.1. The summed E-state index contributed by atoms with van der Waals surface area (Å²) in [5.41, 5.74) is 3.71. The van der Waals surface area contributed by atoms with Crippen molar-refractivity contribution >= 4 is 28.7 Å². The monoisotopic (exact) mass is 375 g/mol. The minimum atomic E-state index is -0.171. The molecule has 0 spiro atoms. The Morgan fingerprint density at radius 3 is 2.50 bits per heavy atom. The summed E-state index contributed by atoms with van der Waals surface area (Å²) in [5.74, 6) is 0.412. The normalized spacial score (nSPS) is 14.5. The summed E-state index contributed by atoms with van der Waals surface area (Å²) in [6.45, 7) is 1.98. The second kappa shape index (κ2) is 7.97. The molecule has 1 aliphatic rings. The molecule has 1 amide bonds. The van der Waals surface area contributed by atoms with E-state index in [4.69, 9.17) is 0 Å². The van der Waals surface area contributed by atoms with Gasteiger partial charge in [0.15, 0.2) is 5.78 Å². The first-order valence-electron chi connectivity index (χ1n) is 9.98. The van der Waals surface area contributed by atoms with Gasteiger partial charge in [0.25, 0.3) is 0 Å². The van der Waals surface area contributed by atoms with Crippen molar-refractivity contribution in [3.8, 4) is 0 Å². The van der Waals surface area contributed by atoms with E-state index in [1.807, 2.05) is 49.4 Å². The quantitative estimate of drug-likeness (QED) is 0.612. The van der Waals surface area contributed by atoms with Crippen LogP contribution in [-0.2, 0) is 4.79 Å². The number of carbonyl (C=O) groups is 2. The largest absolute Gasteiger partial charge is 0.307 e. The van der Waals surface area contributed by atoms with Crippen molar-refractivity contribution in [2.45, 2.75) is 51.5 Å². The third-order valence-corrected chi connectivity index (χ3v) is 5.49. The fourth-order valence-electron chi connectivity index (χ4n) is 3.96. The lowest BCUT2D eigenvalue weighted by molar-refractivity contribution is -0.116. The summed E-state index contributed by atoms with van der Waals surface area (Å²) in [7, 11) is 0. The number of anilines is 1. The topological polar surface area (TPSA) is 64.0 Å². The molecule has 144 valence electrons. The molecule has 5 heteroatoms. The van der Waals surface area contributed by atoms with E-state index in [1.165, 1.54) is 12.8 Å². The lowest BCUT2D eigenvalue weighted by Gasteiger charge is -2.16. The van der Waals surface area contributed by atoms with Gasteiger partial charge >= 0.3 is 0 Å². The molecule has 1 aromatic heterocycles. The number of nitrogens with zero attached hydrogens (tertiary/aromatic N) is 2. The molecule has 0 aliphatic heterocycles. The van der Waals surface area contributed by atoms with Crippen LogP contribution in [0.1, 0.15) is 60.5 Å². The second-order valence-electron chi connectivity index (χ2n) is 7.57. The number of imidazole rings is 1. The van der Waals surface area contributed by atoms with Crippen molar-refractivity contribution < 1.29 is 9.59 Å². The molecule has 5 nitrogen and oxygen atoms in total. The molecule has 1 heterocycles. The first-order chi connectivity index (χ1) is 13.6. The zero-order chi connectivity index (χ0) is 19.5. The van der Waals surface area contributed by atoms with Crippen molar-refractivity contribution in [2.75, 3.05) is 5.32 Å². The predicted octanol–water partition coefficient (Wildman–Crippen LogP) is 5.06. The van der Waals surface area contributed by atoms with Gasteiger partial charge in [-0.3, -0.25) is 14.9 Å². The molecule has 0 unspecified atom stereocenters. The summed E-state index contributed by atoms with van der Waals surface area (Å²) in [6, 6.07) is 15.8. The Hall–Kier alpha value is -2.95. The highest BCUT2D eigenvalue weighted by Crippen LogP contribution is 2.35. The standard InChI is InChI=1S/C23H25N3O2/c1-16-10-12-17(13-11-16)21(27)14-15-22(28)25-23-24-19-8-4-5-9-20(19)26(23)18-6-2-3-7-18/h4-5,8-13,18H,2-3,6-7,14-15H2,1H3,(H,24,25,28). The van der Waals surface area contributed by atoms with Gasteiger partial charge in [-0.05, 0) is 31.9 Å². The highest BCUT2D eigenvalue weighted by molar-refractivity contribution is 6.00. The van der Waals surface area contributed by atoms with Crippen molar-refractivity contribution in [1.29, 1.82) is 0 Å². The van der Waals surface area contributed by atoms with E-state index in [2.05, 4.69) is 20.9 Å². The van der Waals surface area contributed by atoms with E-state index in [0.29, 0.717) is 17.6 Å². The van der Waals surface area contributed by atoms with Gasteiger partial charge in [-0.1, -0.05) is 54.8 Å². The number of ketones is 1. The van der Waals surface area contributed by atoms with Gasteiger partial charge in [-0.25, -0.2) is 4.98 Å². The Balaban J connectivity index is 1.47. The lowest BCUT2D eigenvalue weighted by atomic mass is 10.1. The van der Waals surface area contributed by atoms with Crippen LogP contribution in [0.5, 0.6) is 0 Å². The smallest absolute Gasteiger partial charge is 0.227 e. The van der Waals surface area contributed by atoms with E-state index < -0.39 is 0 Å².